The van der Waals surface area contributed by atoms with E-state index < -0.39 is 0 Å². The van der Waals surface area contributed by atoms with Crippen LogP contribution in [0.3, 0.4) is 0 Å². The lowest BCUT2D eigenvalue weighted by Crippen LogP contribution is -2.08. The first kappa shape index (κ1) is 20.3. The van der Waals surface area contributed by atoms with E-state index in [1.165, 1.54) is 21.6 Å². The fourth-order valence-corrected chi connectivity index (χ4v) is 4.72. The number of benzene rings is 2. The molecule has 2 aromatic carbocycles. The van der Waals surface area contributed by atoms with E-state index in [4.69, 9.17) is 0 Å². The molecule has 4 rings (SSSR count). The van der Waals surface area contributed by atoms with E-state index in [9.17, 15) is 0 Å². The van der Waals surface area contributed by atoms with Crippen LogP contribution in [0.5, 0.6) is 0 Å². The van der Waals surface area contributed by atoms with Crippen molar-refractivity contribution in [2.75, 3.05) is 38.0 Å². The number of aromatic nitrogens is 6. The van der Waals surface area contributed by atoms with E-state index in [1.54, 1.807) is 12.7 Å². The lowest BCUT2D eigenvalue weighted by Gasteiger charge is -2.13. The summed E-state index contributed by atoms with van der Waals surface area (Å²) >= 11 is 0. The molecule has 30 heavy (non-hydrogen) atoms. The molecule has 0 unspecified atom stereocenters. The SMILES string of the molecule is CN(C)c1ccc(-n2cnnc2SSc2nncn2-c2ccc(N(C)C)cc2)cc1. The molecule has 0 fully saturated rings. The van der Waals surface area contributed by atoms with Gasteiger partial charge in [0, 0.05) is 50.9 Å². The van der Waals surface area contributed by atoms with Crippen LogP contribution < -0.4 is 9.80 Å². The van der Waals surface area contributed by atoms with E-state index in [0.29, 0.717) is 0 Å². The van der Waals surface area contributed by atoms with Gasteiger partial charge in [-0.15, -0.1) is 20.4 Å². The third kappa shape index (κ3) is 4.29. The van der Waals surface area contributed by atoms with Crippen molar-refractivity contribution in [1.29, 1.82) is 0 Å². The van der Waals surface area contributed by atoms with Crippen molar-refractivity contribution in [3.05, 3.63) is 61.2 Å². The fraction of sp³-hybridized carbons (Fsp3) is 0.200. The van der Waals surface area contributed by atoms with Gasteiger partial charge in [0.15, 0.2) is 0 Å². The maximum Gasteiger partial charge on any atom is 0.206 e. The van der Waals surface area contributed by atoms with Gasteiger partial charge in [-0.05, 0) is 70.1 Å². The summed E-state index contributed by atoms with van der Waals surface area (Å²) in [4.78, 5) is 4.14. The highest BCUT2D eigenvalue weighted by molar-refractivity contribution is 8.76. The predicted octanol–water partition coefficient (Wildman–Crippen LogP) is 3.78. The second-order valence-electron chi connectivity index (χ2n) is 6.96. The summed E-state index contributed by atoms with van der Waals surface area (Å²) in [6.07, 6.45) is 3.44. The van der Waals surface area contributed by atoms with Gasteiger partial charge in [-0.25, -0.2) is 0 Å². The normalized spacial score (nSPS) is 10.9. The highest BCUT2D eigenvalue weighted by Crippen LogP contribution is 2.37. The number of nitrogens with zero attached hydrogens (tertiary/aromatic N) is 8. The van der Waals surface area contributed by atoms with Crippen LogP contribution in [0.15, 0.2) is 71.5 Å². The first-order valence-corrected chi connectivity index (χ1v) is 11.4. The fourth-order valence-electron chi connectivity index (χ4n) is 2.81. The van der Waals surface area contributed by atoms with Crippen molar-refractivity contribution in [3.8, 4) is 11.4 Å². The molecule has 0 aliphatic heterocycles. The Balaban J connectivity index is 1.51. The van der Waals surface area contributed by atoms with Crippen molar-refractivity contribution < 1.29 is 0 Å². The number of rotatable bonds is 7. The molecule has 0 atom stereocenters. The van der Waals surface area contributed by atoms with Gasteiger partial charge in [-0.2, -0.15) is 0 Å². The number of hydrogen-bond donors (Lipinski definition) is 0. The summed E-state index contributed by atoms with van der Waals surface area (Å²) < 4.78 is 3.92. The van der Waals surface area contributed by atoms with Crippen LogP contribution in [0, 0.1) is 0 Å². The Morgan fingerprint density at radius 3 is 1.30 bits per heavy atom. The highest BCUT2D eigenvalue weighted by Gasteiger charge is 2.13. The van der Waals surface area contributed by atoms with Crippen molar-refractivity contribution in [3.63, 3.8) is 0 Å². The van der Waals surface area contributed by atoms with Crippen molar-refractivity contribution in [2.45, 2.75) is 10.3 Å². The molecule has 154 valence electrons. The van der Waals surface area contributed by atoms with Gasteiger partial charge in [0.1, 0.15) is 12.7 Å². The van der Waals surface area contributed by atoms with Crippen molar-refractivity contribution >= 4 is 33.0 Å². The molecule has 0 aliphatic rings. The first-order chi connectivity index (χ1) is 14.5. The van der Waals surface area contributed by atoms with Gasteiger partial charge in [0.05, 0.1) is 0 Å². The maximum absolute atomic E-state index is 4.26. The second-order valence-corrected chi connectivity index (χ2v) is 9.02. The molecule has 8 nitrogen and oxygen atoms in total. The number of hydrogen-bond acceptors (Lipinski definition) is 8. The zero-order chi connectivity index (χ0) is 21.1. The van der Waals surface area contributed by atoms with Crippen LogP contribution >= 0.6 is 21.6 Å². The van der Waals surface area contributed by atoms with Gasteiger partial charge >= 0.3 is 0 Å². The molecular formula is C20H22N8S2. The Kier molecular flexibility index (Phi) is 5.96. The van der Waals surface area contributed by atoms with E-state index in [2.05, 4.69) is 78.7 Å². The Bertz CT molecular complexity index is 1010. The molecule has 0 spiro atoms. The Hall–Kier alpha value is -2.98. The lowest BCUT2D eigenvalue weighted by molar-refractivity contribution is 0.882. The standard InChI is InChI=1S/C20H22N8S2/c1-25(2)15-5-9-17(10-6-15)27-13-21-23-19(27)29-30-20-24-22-14-28(20)18-11-7-16(8-12-18)26(3)4/h5-14H,1-4H3. The largest absolute Gasteiger partial charge is 0.378 e. The van der Waals surface area contributed by atoms with Gasteiger partial charge < -0.3 is 9.80 Å². The molecule has 0 radical (unpaired) electrons. The summed E-state index contributed by atoms with van der Waals surface area (Å²) in [5, 5.41) is 18.2. The minimum atomic E-state index is 0.773. The summed E-state index contributed by atoms with van der Waals surface area (Å²) in [5.41, 5.74) is 4.30. The van der Waals surface area contributed by atoms with Crippen LogP contribution in [0.1, 0.15) is 0 Å². The van der Waals surface area contributed by atoms with Crippen LogP contribution in [0.4, 0.5) is 11.4 Å². The van der Waals surface area contributed by atoms with Crippen LogP contribution in [-0.4, -0.2) is 57.7 Å². The molecule has 4 aromatic rings. The molecule has 0 saturated heterocycles. The topological polar surface area (TPSA) is 67.9 Å². The quantitative estimate of drug-likeness (QED) is 0.404. The van der Waals surface area contributed by atoms with Gasteiger partial charge in [-0.1, -0.05) is 0 Å². The van der Waals surface area contributed by atoms with Gasteiger partial charge in [0.2, 0.25) is 10.3 Å². The van der Waals surface area contributed by atoms with E-state index in [0.717, 1.165) is 33.1 Å². The minimum absolute atomic E-state index is 0.773. The molecule has 2 aromatic heterocycles. The van der Waals surface area contributed by atoms with E-state index in [1.807, 2.05) is 37.3 Å². The Morgan fingerprint density at radius 1 is 0.600 bits per heavy atom. The molecule has 0 bridgehead atoms. The summed E-state index contributed by atoms with van der Waals surface area (Å²) in [5.74, 6) is 0. The average Bonchev–Trinajstić information content (AvgIpc) is 3.41. The molecule has 0 saturated carbocycles. The van der Waals surface area contributed by atoms with Crippen LogP contribution in [-0.2, 0) is 0 Å². The molecular weight excluding hydrogens is 416 g/mol. The zero-order valence-corrected chi connectivity index (χ0v) is 18.8. The minimum Gasteiger partial charge on any atom is -0.378 e. The maximum atomic E-state index is 4.26. The molecule has 2 heterocycles. The highest BCUT2D eigenvalue weighted by atomic mass is 33.1. The summed E-state index contributed by atoms with van der Waals surface area (Å²) in [6.45, 7) is 0. The Morgan fingerprint density at radius 2 is 0.967 bits per heavy atom. The number of anilines is 2. The smallest absolute Gasteiger partial charge is 0.206 e. The monoisotopic (exact) mass is 438 g/mol. The zero-order valence-electron chi connectivity index (χ0n) is 17.2. The van der Waals surface area contributed by atoms with Gasteiger partial charge in [-0.3, -0.25) is 9.13 Å². The van der Waals surface area contributed by atoms with E-state index in [-0.39, 0.29) is 0 Å². The predicted molar refractivity (Wildman–Crippen MR) is 123 cm³/mol. The van der Waals surface area contributed by atoms with Crippen molar-refractivity contribution in [2.24, 2.45) is 0 Å². The van der Waals surface area contributed by atoms with E-state index >= 15 is 0 Å². The molecule has 10 heteroatoms. The second kappa shape index (κ2) is 8.80. The lowest BCUT2D eigenvalue weighted by atomic mass is 10.2. The third-order valence-corrected chi connectivity index (χ3v) is 6.59. The average molecular weight is 439 g/mol. The Labute approximate surface area is 183 Å². The van der Waals surface area contributed by atoms with Crippen LogP contribution in [0.25, 0.3) is 11.4 Å². The first-order valence-electron chi connectivity index (χ1n) is 9.23. The van der Waals surface area contributed by atoms with Crippen LogP contribution in [0.2, 0.25) is 0 Å². The summed E-state index contributed by atoms with van der Waals surface area (Å²) in [7, 11) is 11.1. The molecule has 0 aliphatic carbocycles. The van der Waals surface area contributed by atoms with Gasteiger partial charge in [0.25, 0.3) is 0 Å². The van der Waals surface area contributed by atoms with Crippen molar-refractivity contribution in [1.82, 2.24) is 29.5 Å². The third-order valence-electron chi connectivity index (χ3n) is 4.51. The molecule has 0 amide bonds. The summed E-state index contributed by atoms with van der Waals surface area (Å²) in [6, 6.07) is 16.5. The molecule has 0 N–H and O–H groups in total.